The van der Waals surface area contributed by atoms with Gasteiger partial charge in [0, 0.05) is 12.1 Å². The third kappa shape index (κ3) is 5.21. The highest BCUT2D eigenvalue weighted by Crippen LogP contribution is 2.30. The standard InChI is InChI=1S/C16H19ClN6O3/c1-9(2)22-16(24)23-13-5-4-10(6-12(13)17)26-15-11(7-21-25-3)14(18)19-8-20-15/h4-9H,1-3H3,(H2,18,19,20)(H2,22,23,24)/b21-7+. The first-order valence-electron chi connectivity index (χ1n) is 7.62. The van der Waals surface area contributed by atoms with Crippen LogP contribution in [0.1, 0.15) is 19.4 Å². The van der Waals surface area contributed by atoms with Gasteiger partial charge < -0.3 is 25.9 Å². The number of urea groups is 1. The largest absolute Gasteiger partial charge is 0.438 e. The highest BCUT2D eigenvalue weighted by molar-refractivity contribution is 6.33. The molecule has 9 nitrogen and oxygen atoms in total. The molecule has 2 rings (SSSR count). The summed E-state index contributed by atoms with van der Waals surface area (Å²) in [6, 6.07) is 4.45. The van der Waals surface area contributed by atoms with Crippen LogP contribution in [0.3, 0.4) is 0 Å². The van der Waals surface area contributed by atoms with Crippen molar-refractivity contribution in [2.75, 3.05) is 18.2 Å². The summed E-state index contributed by atoms with van der Waals surface area (Å²) in [5, 5.41) is 9.32. The Bertz CT molecular complexity index is 813. The van der Waals surface area contributed by atoms with Gasteiger partial charge in [0.15, 0.2) is 0 Å². The summed E-state index contributed by atoms with van der Waals surface area (Å²) >= 11 is 6.20. The van der Waals surface area contributed by atoms with Crippen LogP contribution >= 0.6 is 11.6 Å². The Hall–Kier alpha value is -3.07. The first-order chi connectivity index (χ1) is 12.4. The van der Waals surface area contributed by atoms with Gasteiger partial charge in [-0.05, 0) is 26.0 Å². The van der Waals surface area contributed by atoms with Crippen LogP contribution in [0, 0.1) is 0 Å². The number of benzene rings is 1. The van der Waals surface area contributed by atoms with Crippen LogP contribution in [0.4, 0.5) is 16.3 Å². The minimum Gasteiger partial charge on any atom is -0.438 e. The fourth-order valence-electron chi connectivity index (χ4n) is 1.89. The first kappa shape index (κ1) is 19.3. The van der Waals surface area contributed by atoms with Crippen molar-refractivity contribution in [3.05, 3.63) is 35.1 Å². The normalized spacial score (nSPS) is 10.8. The summed E-state index contributed by atoms with van der Waals surface area (Å²) in [6.45, 7) is 3.71. The van der Waals surface area contributed by atoms with E-state index in [1.807, 2.05) is 13.8 Å². The molecular weight excluding hydrogens is 360 g/mol. The number of hydrogen-bond donors (Lipinski definition) is 3. The third-order valence-electron chi connectivity index (χ3n) is 2.99. The topological polar surface area (TPSA) is 124 Å². The number of nitrogens with two attached hydrogens (primary N) is 1. The average Bonchev–Trinajstić information content (AvgIpc) is 2.56. The lowest BCUT2D eigenvalue weighted by atomic mass is 10.3. The van der Waals surface area contributed by atoms with Crippen LogP contribution in [0.5, 0.6) is 11.6 Å². The van der Waals surface area contributed by atoms with Crippen molar-refractivity contribution in [3.8, 4) is 11.6 Å². The summed E-state index contributed by atoms with van der Waals surface area (Å²) in [5.74, 6) is 0.771. The van der Waals surface area contributed by atoms with Gasteiger partial charge in [0.1, 0.15) is 30.6 Å². The lowest BCUT2D eigenvalue weighted by molar-refractivity contribution is 0.215. The maximum Gasteiger partial charge on any atom is 0.319 e. The van der Waals surface area contributed by atoms with E-state index >= 15 is 0 Å². The summed E-state index contributed by atoms with van der Waals surface area (Å²) < 4.78 is 5.70. The Morgan fingerprint density at radius 3 is 2.81 bits per heavy atom. The van der Waals surface area contributed by atoms with Crippen LogP contribution < -0.4 is 21.1 Å². The van der Waals surface area contributed by atoms with Crippen molar-refractivity contribution in [1.29, 1.82) is 0 Å². The Labute approximate surface area is 155 Å². The van der Waals surface area contributed by atoms with Crippen LogP contribution in [0.25, 0.3) is 0 Å². The molecule has 138 valence electrons. The highest BCUT2D eigenvalue weighted by atomic mass is 35.5. The number of nitrogen functional groups attached to an aromatic ring is 1. The SMILES string of the molecule is CO/N=C/c1c(N)ncnc1Oc1ccc(NC(=O)NC(C)C)c(Cl)c1. The summed E-state index contributed by atoms with van der Waals surface area (Å²) in [4.78, 5) is 24.3. The first-order valence-corrected chi connectivity index (χ1v) is 8.00. The second-order valence-electron chi connectivity index (χ2n) is 5.39. The molecule has 0 aliphatic rings. The maximum absolute atomic E-state index is 11.8. The van der Waals surface area contributed by atoms with E-state index in [1.165, 1.54) is 19.7 Å². The van der Waals surface area contributed by atoms with Gasteiger partial charge in [-0.1, -0.05) is 16.8 Å². The molecule has 0 bridgehead atoms. The van der Waals surface area contributed by atoms with E-state index in [-0.39, 0.29) is 23.8 Å². The van der Waals surface area contributed by atoms with Crippen molar-refractivity contribution in [2.45, 2.75) is 19.9 Å². The Morgan fingerprint density at radius 1 is 1.38 bits per heavy atom. The molecule has 0 radical (unpaired) electrons. The molecule has 2 amide bonds. The fourth-order valence-corrected chi connectivity index (χ4v) is 2.11. The lowest BCUT2D eigenvalue weighted by Gasteiger charge is -2.13. The molecule has 0 atom stereocenters. The minimum atomic E-state index is -0.350. The van der Waals surface area contributed by atoms with Crippen molar-refractivity contribution in [3.63, 3.8) is 0 Å². The highest BCUT2D eigenvalue weighted by Gasteiger charge is 2.12. The zero-order valence-electron chi connectivity index (χ0n) is 14.5. The number of anilines is 2. The molecule has 2 aromatic rings. The average molecular weight is 379 g/mol. The van der Waals surface area contributed by atoms with E-state index in [1.54, 1.807) is 18.2 Å². The lowest BCUT2D eigenvalue weighted by Crippen LogP contribution is -2.34. The van der Waals surface area contributed by atoms with Crippen molar-refractivity contribution in [2.24, 2.45) is 5.16 Å². The minimum absolute atomic E-state index is 0.00629. The molecule has 0 saturated carbocycles. The van der Waals surface area contributed by atoms with Gasteiger partial charge in [0.2, 0.25) is 5.88 Å². The summed E-state index contributed by atoms with van der Waals surface area (Å²) in [7, 11) is 1.40. The van der Waals surface area contributed by atoms with Gasteiger partial charge >= 0.3 is 6.03 Å². The number of amides is 2. The molecule has 0 unspecified atom stereocenters. The Morgan fingerprint density at radius 2 is 2.15 bits per heavy atom. The molecule has 0 spiro atoms. The zero-order chi connectivity index (χ0) is 19.1. The van der Waals surface area contributed by atoms with Crippen molar-refractivity contribution in [1.82, 2.24) is 15.3 Å². The monoisotopic (exact) mass is 378 g/mol. The van der Waals surface area contributed by atoms with E-state index in [4.69, 9.17) is 22.1 Å². The molecule has 0 aliphatic heterocycles. The number of nitrogens with zero attached hydrogens (tertiary/aromatic N) is 3. The number of carbonyl (C=O) groups excluding carboxylic acids is 1. The maximum atomic E-state index is 11.8. The molecule has 0 saturated heterocycles. The van der Waals surface area contributed by atoms with E-state index in [0.29, 0.717) is 22.0 Å². The van der Waals surface area contributed by atoms with Crippen molar-refractivity contribution >= 4 is 35.4 Å². The van der Waals surface area contributed by atoms with Gasteiger partial charge in [-0.15, -0.1) is 0 Å². The fraction of sp³-hybridized carbons (Fsp3) is 0.250. The van der Waals surface area contributed by atoms with Crippen LogP contribution in [-0.4, -0.2) is 35.4 Å². The summed E-state index contributed by atoms with van der Waals surface area (Å²) in [6.07, 6.45) is 2.61. The molecule has 1 aromatic heterocycles. The predicted octanol–water partition coefficient (Wildman–Crippen LogP) is 3.01. The van der Waals surface area contributed by atoms with Crippen LogP contribution in [-0.2, 0) is 4.84 Å². The van der Waals surface area contributed by atoms with Gasteiger partial charge in [-0.3, -0.25) is 0 Å². The Balaban J connectivity index is 2.19. The van der Waals surface area contributed by atoms with Gasteiger partial charge in [0.05, 0.1) is 16.9 Å². The molecule has 26 heavy (non-hydrogen) atoms. The molecule has 10 heteroatoms. The number of ether oxygens (including phenoxy) is 1. The second kappa shape index (κ2) is 8.86. The van der Waals surface area contributed by atoms with Gasteiger partial charge in [0.25, 0.3) is 0 Å². The number of carbonyl (C=O) groups is 1. The van der Waals surface area contributed by atoms with E-state index in [2.05, 4.69) is 30.6 Å². The van der Waals surface area contributed by atoms with Crippen molar-refractivity contribution < 1.29 is 14.4 Å². The molecule has 0 aliphatic carbocycles. The molecule has 4 N–H and O–H groups in total. The number of nitrogens with one attached hydrogen (secondary N) is 2. The molecule has 0 fully saturated rings. The number of aromatic nitrogens is 2. The second-order valence-corrected chi connectivity index (χ2v) is 5.80. The van der Waals surface area contributed by atoms with Gasteiger partial charge in [-0.2, -0.15) is 0 Å². The molecular formula is C16H19ClN6O3. The molecule has 1 aromatic carbocycles. The van der Waals surface area contributed by atoms with Crippen LogP contribution in [0.15, 0.2) is 29.7 Å². The quantitative estimate of drug-likeness (QED) is 0.524. The van der Waals surface area contributed by atoms with Crippen LogP contribution in [0.2, 0.25) is 5.02 Å². The number of rotatable bonds is 6. The summed E-state index contributed by atoms with van der Waals surface area (Å²) in [5.41, 5.74) is 6.62. The van der Waals surface area contributed by atoms with E-state index < -0.39 is 0 Å². The number of hydrogen-bond acceptors (Lipinski definition) is 7. The smallest absolute Gasteiger partial charge is 0.319 e. The predicted molar refractivity (Wildman–Crippen MR) is 99.9 cm³/mol. The zero-order valence-corrected chi connectivity index (χ0v) is 15.2. The number of halogens is 1. The molecule has 1 heterocycles. The third-order valence-corrected chi connectivity index (χ3v) is 3.30. The Kier molecular flexibility index (Phi) is 6.56. The van der Waals surface area contributed by atoms with E-state index in [9.17, 15) is 4.79 Å². The van der Waals surface area contributed by atoms with Gasteiger partial charge in [-0.25, -0.2) is 14.8 Å². The van der Waals surface area contributed by atoms with E-state index in [0.717, 1.165) is 0 Å². The number of oxime groups is 1.